The molecule has 0 radical (unpaired) electrons. The second-order valence-corrected chi connectivity index (χ2v) is 4.18. The van der Waals surface area contributed by atoms with Crippen LogP contribution >= 0.6 is 0 Å². The molecule has 0 aromatic rings. The van der Waals surface area contributed by atoms with Gasteiger partial charge in [0.25, 0.3) is 0 Å². The van der Waals surface area contributed by atoms with Crippen LogP contribution in [0.2, 0.25) is 0 Å². The minimum atomic E-state index is 0. The molecule has 4 nitrogen and oxygen atoms in total. The summed E-state index contributed by atoms with van der Waals surface area (Å²) in [7, 11) is 0. The topological polar surface area (TPSA) is 36.9 Å². The van der Waals surface area contributed by atoms with E-state index in [-0.39, 0.29) is 19.5 Å². The van der Waals surface area contributed by atoms with E-state index >= 15 is 0 Å². The van der Waals surface area contributed by atoms with Crippen molar-refractivity contribution < 1.29 is 38.4 Å². The maximum Gasteiger partial charge on any atom is 2.00 e. The quantitative estimate of drug-likeness (QED) is 0.195. The Morgan fingerprint density at radius 3 is 1.24 bits per heavy atom. The summed E-state index contributed by atoms with van der Waals surface area (Å²) >= 11 is 9.34. The Morgan fingerprint density at radius 2 is 0.952 bits per heavy atom. The standard InChI is InChI=1S/2C7H14O2S.Zn/c2*1-2-3-8-4-5-9-6-7-10;/h2*2,10H,1,3-7H2;/q;;+2/p-2. The summed E-state index contributed by atoms with van der Waals surface area (Å²) in [5.41, 5.74) is 0. The third kappa shape index (κ3) is 33.5. The number of rotatable bonds is 14. The second kappa shape index (κ2) is 28.8. The van der Waals surface area contributed by atoms with Crippen molar-refractivity contribution in [3.63, 3.8) is 0 Å². The van der Waals surface area contributed by atoms with Gasteiger partial charge in [0, 0.05) is 13.2 Å². The fraction of sp³-hybridized carbons (Fsp3) is 0.714. The first-order chi connectivity index (χ1) is 9.83. The van der Waals surface area contributed by atoms with E-state index in [9.17, 15) is 0 Å². The van der Waals surface area contributed by atoms with E-state index in [1.54, 1.807) is 12.2 Å². The summed E-state index contributed by atoms with van der Waals surface area (Å²) in [5.74, 6) is 1.31. The number of hydrogen-bond donors (Lipinski definition) is 0. The third-order valence-electron chi connectivity index (χ3n) is 1.67. The average molecular weight is 388 g/mol. The van der Waals surface area contributed by atoms with Gasteiger partial charge >= 0.3 is 19.5 Å². The van der Waals surface area contributed by atoms with Gasteiger partial charge < -0.3 is 44.2 Å². The van der Waals surface area contributed by atoms with Crippen molar-refractivity contribution in [2.24, 2.45) is 0 Å². The van der Waals surface area contributed by atoms with Gasteiger partial charge in [-0.05, 0) is 0 Å². The fourth-order valence-corrected chi connectivity index (χ4v) is 1.13. The molecule has 0 aliphatic rings. The maximum atomic E-state index is 5.07. The van der Waals surface area contributed by atoms with Gasteiger partial charge in [-0.15, -0.1) is 13.2 Å². The van der Waals surface area contributed by atoms with Crippen LogP contribution in [0.5, 0.6) is 0 Å². The Kier molecular flexibility index (Phi) is 36.3. The van der Waals surface area contributed by atoms with Gasteiger partial charge in [0.15, 0.2) is 0 Å². The Bertz CT molecular complexity index is 178. The minimum Gasteiger partial charge on any atom is -0.790 e. The molecule has 0 bridgehead atoms. The summed E-state index contributed by atoms with van der Waals surface area (Å²) < 4.78 is 20.2. The van der Waals surface area contributed by atoms with E-state index in [1.807, 2.05) is 0 Å². The summed E-state index contributed by atoms with van der Waals surface area (Å²) in [6, 6.07) is 0. The minimum absolute atomic E-state index is 0. The molecule has 120 valence electrons. The van der Waals surface area contributed by atoms with Crippen LogP contribution in [0.3, 0.4) is 0 Å². The van der Waals surface area contributed by atoms with Crippen molar-refractivity contribution in [3.8, 4) is 0 Å². The number of ether oxygens (including phenoxy) is 4. The molecular weight excluding hydrogens is 362 g/mol. The molecule has 0 unspecified atom stereocenters. The molecule has 7 heteroatoms. The predicted octanol–water partition coefficient (Wildman–Crippen LogP) is 1.50. The van der Waals surface area contributed by atoms with Crippen molar-refractivity contribution in [3.05, 3.63) is 25.3 Å². The molecule has 0 aromatic carbocycles. The molecule has 0 aliphatic heterocycles. The van der Waals surface area contributed by atoms with E-state index in [0.717, 1.165) is 0 Å². The molecule has 0 atom stereocenters. The Hall–Kier alpha value is 0.643. The van der Waals surface area contributed by atoms with Crippen molar-refractivity contribution in [1.82, 2.24) is 0 Å². The van der Waals surface area contributed by atoms with Crippen LogP contribution in [0.4, 0.5) is 0 Å². The Balaban J connectivity index is -0.000000295. The first-order valence-corrected chi connectivity index (χ1v) is 7.67. The third-order valence-corrected chi connectivity index (χ3v) is 2.00. The molecule has 0 N–H and O–H groups in total. The van der Waals surface area contributed by atoms with E-state index in [4.69, 9.17) is 18.9 Å². The molecule has 0 heterocycles. The zero-order chi connectivity index (χ0) is 15.3. The van der Waals surface area contributed by atoms with Crippen LogP contribution in [0, 0.1) is 0 Å². The molecule has 21 heavy (non-hydrogen) atoms. The first kappa shape index (κ1) is 26.5. The number of hydrogen-bond acceptors (Lipinski definition) is 6. The molecule has 0 saturated carbocycles. The molecule has 0 aromatic heterocycles. The van der Waals surface area contributed by atoms with Crippen molar-refractivity contribution in [1.29, 1.82) is 0 Å². The van der Waals surface area contributed by atoms with E-state index in [2.05, 4.69) is 38.4 Å². The summed E-state index contributed by atoms with van der Waals surface area (Å²) in [4.78, 5) is 0. The summed E-state index contributed by atoms with van der Waals surface area (Å²) in [5, 5.41) is 0. The predicted molar refractivity (Wildman–Crippen MR) is 88.1 cm³/mol. The van der Waals surface area contributed by atoms with Crippen LogP contribution in [0.15, 0.2) is 25.3 Å². The second-order valence-electron chi connectivity index (χ2n) is 3.36. The SMILES string of the molecule is C=CCOCCOCC[S-].C=CCOCCOCC[S-].[Zn+2]. The van der Waals surface area contributed by atoms with Crippen molar-refractivity contribution in [2.45, 2.75) is 0 Å². The van der Waals surface area contributed by atoms with Gasteiger partial charge in [-0.2, -0.15) is 11.5 Å². The molecule has 0 aliphatic carbocycles. The van der Waals surface area contributed by atoms with Crippen molar-refractivity contribution >= 4 is 25.3 Å². The molecular formula is C14H26O4S2Zn. The first-order valence-electron chi connectivity index (χ1n) is 6.52. The molecule has 0 saturated heterocycles. The Morgan fingerprint density at radius 1 is 0.619 bits per heavy atom. The van der Waals surface area contributed by atoms with Gasteiger partial charge in [-0.3, -0.25) is 0 Å². The molecule has 0 spiro atoms. The van der Waals surface area contributed by atoms with Gasteiger partial charge in [0.2, 0.25) is 0 Å². The van der Waals surface area contributed by atoms with Crippen LogP contribution in [-0.2, 0) is 63.7 Å². The maximum absolute atomic E-state index is 5.07. The van der Waals surface area contributed by atoms with Crippen LogP contribution < -0.4 is 0 Å². The molecule has 0 rings (SSSR count). The van der Waals surface area contributed by atoms with Gasteiger partial charge in [-0.25, -0.2) is 0 Å². The van der Waals surface area contributed by atoms with Gasteiger partial charge in [0.1, 0.15) is 0 Å². The average Bonchev–Trinajstić information content (AvgIpc) is 2.47. The largest absolute Gasteiger partial charge is 2.00 e. The van der Waals surface area contributed by atoms with Crippen LogP contribution in [-0.4, -0.2) is 64.4 Å². The molecule has 0 fully saturated rings. The van der Waals surface area contributed by atoms with E-state index < -0.39 is 0 Å². The van der Waals surface area contributed by atoms with Crippen molar-refractivity contribution in [2.75, 3.05) is 64.4 Å². The van der Waals surface area contributed by atoms with Gasteiger partial charge in [-0.1, -0.05) is 12.2 Å². The Labute approximate surface area is 153 Å². The van der Waals surface area contributed by atoms with Gasteiger partial charge in [0.05, 0.1) is 39.6 Å². The monoisotopic (exact) mass is 386 g/mol. The smallest absolute Gasteiger partial charge is 0.790 e. The van der Waals surface area contributed by atoms with E-state index in [0.29, 0.717) is 64.4 Å². The molecule has 0 amide bonds. The van der Waals surface area contributed by atoms with Crippen LogP contribution in [0.25, 0.3) is 0 Å². The van der Waals surface area contributed by atoms with Crippen LogP contribution in [0.1, 0.15) is 0 Å². The zero-order valence-electron chi connectivity index (χ0n) is 12.8. The normalized spacial score (nSPS) is 9.24. The summed E-state index contributed by atoms with van der Waals surface area (Å²) in [6.07, 6.45) is 3.43. The van der Waals surface area contributed by atoms with E-state index in [1.165, 1.54) is 0 Å². The summed E-state index contributed by atoms with van der Waals surface area (Å²) in [6.45, 7) is 12.0. The zero-order valence-corrected chi connectivity index (χ0v) is 17.4. The fourth-order valence-electron chi connectivity index (χ4n) is 0.891.